The van der Waals surface area contributed by atoms with Gasteiger partial charge in [-0.1, -0.05) is 6.07 Å². The van der Waals surface area contributed by atoms with Crippen LogP contribution in [0.25, 0.3) is 22.9 Å². The fourth-order valence-corrected chi connectivity index (χ4v) is 3.08. The zero-order chi connectivity index (χ0) is 21.6. The van der Waals surface area contributed by atoms with Crippen molar-refractivity contribution in [3.05, 3.63) is 66.4 Å². The van der Waals surface area contributed by atoms with Crippen LogP contribution in [-0.2, 0) is 6.54 Å². The number of pyridine rings is 1. The number of hydrogen-bond donors (Lipinski definition) is 1. The largest absolute Gasteiger partial charge is 0.497 e. The molecular weight excluding hydrogens is 396 g/mol. The third kappa shape index (κ3) is 4.42. The van der Waals surface area contributed by atoms with Crippen LogP contribution < -0.4 is 19.5 Å². The number of nitrogens with one attached hydrogen (secondary N) is 1. The van der Waals surface area contributed by atoms with Gasteiger partial charge in [0.1, 0.15) is 11.6 Å². The Morgan fingerprint density at radius 3 is 2.35 bits per heavy atom. The van der Waals surface area contributed by atoms with Gasteiger partial charge in [-0.2, -0.15) is 0 Å². The Morgan fingerprint density at radius 2 is 1.61 bits per heavy atom. The Labute approximate surface area is 179 Å². The van der Waals surface area contributed by atoms with E-state index in [1.807, 2.05) is 54.6 Å². The molecule has 31 heavy (non-hydrogen) atoms. The van der Waals surface area contributed by atoms with E-state index in [9.17, 15) is 0 Å². The second kappa shape index (κ2) is 9.17. The minimum Gasteiger partial charge on any atom is -0.497 e. The van der Waals surface area contributed by atoms with Crippen molar-refractivity contribution in [1.29, 1.82) is 0 Å². The van der Waals surface area contributed by atoms with Crippen molar-refractivity contribution in [1.82, 2.24) is 15.2 Å². The number of anilines is 1. The summed E-state index contributed by atoms with van der Waals surface area (Å²) in [5.41, 5.74) is 2.54. The van der Waals surface area contributed by atoms with E-state index in [4.69, 9.17) is 18.6 Å². The quantitative estimate of drug-likeness (QED) is 0.449. The Kier molecular flexibility index (Phi) is 5.98. The molecule has 0 unspecified atom stereocenters. The third-order valence-corrected chi connectivity index (χ3v) is 4.71. The van der Waals surface area contributed by atoms with E-state index >= 15 is 0 Å². The van der Waals surface area contributed by atoms with Crippen molar-refractivity contribution in [3.63, 3.8) is 0 Å². The van der Waals surface area contributed by atoms with Crippen molar-refractivity contribution in [2.75, 3.05) is 26.6 Å². The summed E-state index contributed by atoms with van der Waals surface area (Å²) >= 11 is 0. The molecule has 0 aliphatic rings. The molecular formula is C23H22N4O4. The first-order valence-electron chi connectivity index (χ1n) is 9.60. The second-order valence-electron chi connectivity index (χ2n) is 6.58. The molecule has 158 valence electrons. The summed E-state index contributed by atoms with van der Waals surface area (Å²) < 4.78 is 21.8. The maximum Gasteiger partial charge on any atom is 0.251 e. The highest BCUT2D eigenvalue weighted by molar-refractivity contribution is 5.69. The summed E-state index contributed by atoms with van der Waals surface area (Å²) in [6.45, 7) is 0.532. The van der Waals surface area contributed by atoms with E-state index < -0.39 is 0 Å². The number of hydrogen-bond acceptors (Lipinski definition) is 8. The summed E-state index contributed by atoms with van der Waals surface area (Å²) in [4.78, 5) is 4.44. The van der Waals surface area contributed by atoms with Gasteiger partial charge >= 0.3 is 0 Å². The Balaban J connectivity index is 1.54. The number of ether oxygens (including phenoxy) is 3. The van der Waals surface area contributed by atoms with Crippen molar-refractivity contribution >= 4 is 5.82 Å². The van der Waals surface area contributed by atoms with Gasteiger partial charge in [0.05, 0.1) is 26.9 Å². The van der Waals surface area contributed by atoms with Gasteiger partial charge in [0.15, 0.2) is 11.5 Å². The second-order valence-corrected chi connectivity index (χ2v) is 6.58. The summed E-state index contributed by atoms with van der Waals surface area (Å²) in [6.07, 6.45) is 1.71. The predicted molar refractivity (Wildman–Crippen MR) is 116 cm³/mol. The van der Waals surface area contributed by atoms with E-state index in [1.54, 1.807) is 27.5 Å². The zero-order valence-corrected chi connectivity index (χ0v) is 17.5. The minimum absolute atomic E-state index is 0.383. The van der Waals surface area contributed by atoms with Gasteiger partial charge in [-0.15, -0.1) is 10.2 Å². The molecule has 8 heteroatoms. The zero-order valence-electron chi connectivity index (χ0n) is 17.5. The normalized spacial score (nSPS) is 10.5. The average Bonchev–Trinajstić information content (AvgIpc) is 3.33. The first kappa shape index (κ1) is 20.2. The molecule has 2 heterocycles. The monoisotopic (exact) mass is 418 g/mol. The molecule has 1 N–H and O–H groups in total. The average molecular weight is 418 g/mol. The van der Waals surface area contributed by atoms with E-state index in [1.165, 1.54) is 0 Å². The molecule has 0 saturated heterocycles. The SMILES string of the molecule is COc1ccc(-c2nnc(-c3cccnc3NCc3ccc(OC)c(OC)c3)o2)cc1. The first-order valence-corrected chi connectivity index (χ1v) is 9.60. The van der Waals surface area contributed by atoms with Gasteiger partial charge in [0.25, 0.3) is 5.89 Å². The van der Waals surface area contributed by atoms with Crippen LogP contribution in [0.3, 0.4) is 0 Å². The van der Waals surface area contributed by atoms with Crippen LogP contribution in [0, 0.1) is 0 Å². The van der Waals surface area contributed by atoms with Crippen molar-refractivity contribution in [3.8, 4) is 40.2 Å². The van der Waals surface area contributed by atoms with Gasteiger partial charge in [-0.3, -0.25) is 0 Å². The van der Waals surface area contributed by atoms with Crippen LogP contribution in [0.4, 0.5) is 5.82 Å². The third-order valence-electron chi connectivity index (χ3n) is 4.71. The van der Waals surface area contributed by atoms with E-state index in [-0.39, 0.29) is 0 Å². The van der Waals surface area contributed by atoms with Gasteiger partial charge in [0, 0.05) is 18.3 Å². The Hall–Kier alpha value is -4.07. The highest BCUT2D eigenvalue weighted by Crippen LogP contribution is 2.30. The lowest BCUT2D eigenvalue weighted by atomic mass is 10.2. The lowest BCUT2D eigenvalue weighted by Crippen LogP contribution is -2.03. The molecule has 0 aliphatic carbocycles. The highest BCUT2D eigenvalue weighted by Gasteiger charge is 2.15. The summed E-state index contributed by atoms with van der Waals surface area (Å²) in [5, 5.41) is 11.7. The van der Waals surface area contributed by atoms with Gasteiger partial charge in [-0.25, -0.2) is 4.98 Å². The molecule has 0 radical (unpaired) electrons. The molecule has 2 aromatic heterocycles. The van der Waals surface area contributed by atoms with E-state index in [0.717, 1.165) is 22.4 Å². The van der Waals surface area contributed by atoms with Gasteiger partial charge in [0.2, 0.25) is 5.89 Å². The lowest BCUT2D eigenvalue weighted by molar-refractivity contribution is 0.354. The van der Waals surface area contributed by atoms with Crippen LogP contribution >= 0.6 is 0 Å². The topological polar surface area (TPSA) is 91.5 Å². The maximum atomic E-state index is 5.91. The van der Waals surface area contributed by atoms with Crippen LogP contribution in [0.1, 0.15) is 5.56 Å². The predicted octanol–water partition coefficient (Wildman–Crippen LogP) is 4.44. The summed E-state index contributed by atoms with van der Waals surface area (Å²) in [7, 11) is 4.85. The van der Waals surface area contributed by atoms with Crippen LogP contribution in [0.15, 0.2) is 65.2 Å². The van der Waals surface area contributed by atoms with Crippen LogP contribution in [-0.4, -0.2) is 36.5 Å². The fraction of sp³-hybridized carbons (Fsp3) is 0.174. The number of benzene rings is 2. The van der Waals surface area contributed by atoms with Crippen LogP contribution in [0.5, 0.6) is 17.2 Å². The van der Waals surface area contributed by atoms with Crippen LogP contribution in [0.2, 0.25) is 0 Å². The maximum absolute atomic E-state index is 5.91. The molecule has 0 aliphatic heterocycles. The molecule has 0 spiro atoms. The Bertz CT molecular complexity index is 1160. The Morgan fingerprint density at radius 1 is 0.839 bits per heavy atom. The molecule has 0 saturated carbocycles. The lowest BCUT2D eigenvalue weighted by Gasteiger charge is -2.11. The molecule has 0 fully saturated rings. The number of nitrogens with zero attached hydrogens (tertiary/aromatic N) is 3. The van der Waals surface area contributed by atoms with Crippen molar-refractivity contribution in [2.45, 2.75) is 6.54 Å². The number of aromatic nitrogens is 3. The standard InChI is InChI=1S/C23H22N4O4/c1-28-17-9-7-16(8-10-17)22-26-27-23(31-22)18-5-4-12-24-21(18)25-14-15-6-11-19(29-2)20(13-15)30-3/h4-13H,14H2,1-3H3,(H,24,25). The summed E-state index contributed by atoms with van der Waals surface area (Å²) in [5.74, 6) is 3.56. The molecule has 8 nitrogen and oxygen atoms in total. The van der Waals surface area contributed by atoms with Gasteiger partial charge in [-0.05, 0) is 54.1 Å². The van der Waals surface area contributed by atoms with Crippen molar-refractivity contribution in [2.24, 2.45) is 0 Å². The molecule has 0 atom stereocenters. The van der Waals surface area contributed by atoms with E-state index in [0.29, 0.717) is 35.6 Å². The molecule has 2 aromatic carbocycles. The number of methoxy groups -OCH3 is 3. The highest BCUT2D eigenvalue weighted by atomic mass is 16.5. The van der Waals surface area contributed by atoms with Gasteiger partial charge < -0.3 is 23.9 Å². The smallest absolute Gasteiger partial charge is 0.251 e. The van der Waals surface area contributed by atoms with Crippen molar-refractivity contribution < 1.29 is 18.6 Å². The fourth-order valence-electron chi connectivity index (χ4n) is 3.08. The molecule has 4 aromatic rings. The molecule has 0 amide bonds. The molecule has 0 bridgehead atoms. The minimum atomic E-state index is 0.383. The molecule has 4 rings (SSSR count). The number of rotatable bonds is 8. The summed E-state index contributed by atoms with van der Waals surface area (Å²) in [6, 6.07) is 16.9. The first-order chi connectivity index (χ1) is 15.2. The van der Waals surface area contributed by atoms with E-state index in [2.05, 4.69) is 20.5 Å².